The molecule has 1 atom stereocenters. The Kier molecular flexibility index (Phi) is 2.97. The highest BCUT2D eigenvalue weighted by Gasteiger charge is 2.30. The van der Waals surface area contributed by atoms with E-state index in [0.717, 1.165) is 11.3 Å². The van der Waals surface area contributed by atoms with Crippen molar-refractivity contribution >= 4 is 17.2 Å². The maximum Gasteiger partial charge on any atom is 0.259 e. The maximum absolute atomic E-state index is 11.8. The quantitative estimate of drug-likeness (QED) is 0.855. The van der Waals surface area contributed by atoms with Gasteiger partial charge < -0.3 is 10.1 Å². The van der Waals surface area contributed by atoms with Gasteiger partial charge in [-0.25, -0.2) is 0 Å². The molecule has 3 heterocycles. The van der Waals surface area contributed by atoms with Crippen LogP contribution in [-0.4, -0.2) is 35.9 Å². The fourth-order valence-electron chi connectivity index (χ4n) is 2.07. The third-order valence-corrected chi connectivity index (χ3v) is 2.98. The molecule has 3 rings (SSSR count). The predicted octanol–water partition coefficient (Wildman–Crippen LogP) is 0.948. The van der Waals surface area contributed by atoms with Crippen LogP contribution in [-0.2, 0) is 9.53 Å². The van der Waals surface area contributed by atoms with E-state index in [1.54, 1.807) is 6.20 Å². The van der Waals surface area contributed by atoms with Gasteiger partial charge in [-0.2, -0.15) is 0 Å². The van der Waals surface area contributed by atoms with Gasteiger partial charge in [-0.3, -0.25) is 14.8 Å². The van der Waals surface area contributed by atoms with Gasteiger partial charge >= 0.3 is 0 Å². The second-order valence-corrected chi connectivity index (χ2v) is 4.41. The molecule has 0 spiro atoms. The Balaban J connectivity index is 1.79. The number of nitrogens with zero attached hydrogens (tertiary/aromatic N) is 2. The Hall–Kier alpha value is -2.27. The third-order valence-electron chi connectivity index (χ3n) is 2.98. The van der Waals surface area contributed by atoms with Crippen molar-refractivity contribution in [1.29, 1.82) is 0 Å². The van der Waals surface area contributed by atoms with Gasteiger partial charge in [0.25, 0.3) is 5.91 Å². The minimum atomic E-state index is -0.647. The number of carbonyl (C=O) groups excluding carboxylic acids is 1. The van der Waals surface area contributed by atoms with Gasteiger partial charge in [0.2, 0.25) is 0 Å². The summed E-state index contributed by atoms with van der Waals surface area (Å²) in [4.78, 5) is 20.4. The molecule has 0 radical (unpaired) electrons. The van der Waals surface area contributed by atoms with Gasteiger partial charge in [-0.05, 0) is 18.2 Å². The van der Waals surface area contributed by atoms with Crippen LogP contribution in [0.25, 0.3) is 5.57 Å². The lowest BCUT2D eigenvalue weighted by molar-refractivity contribution is -0.130. The van der Waals surface area contributed by atoms with E-state index < -0.39 is 6.10 Å². The largest absolute Gasteiger partial charge is 0.356 e. The average molecular weight is 255 g/mol. The van der Waals surface area contributed by atoms with Crippen LogP contribution >= 0.6 is 0 Å². The van der Waals surface area contributed by atoms with Gasteiger partial charge in [-0.15, -0.1) is 0 Å². The van der Waals surface area contributed by atoms with E-state index in [4.69, 9.17) is 4.74 Å². The SMILES string of the molecule is C=C1COC(C2=NCC(c3ccccn3)=C2)C(=O)N1. The zero-order chi connectivity index (χ0) is 13.2. The minimum Gasteiger partial charge on any atom is -0.356 e. The number of amides is 1. The topological polar surface area (TPSA) is 63.6 Å². The Morgan fingerprint density at radius 2 is 2.32 bits per heavy atom. The normalized spacial score (nSPS) is 22.8. The van der Waals surface area contributed by atoms with Gasteiger partial charge in [0.1, 0.15) is 0 Å². The average Bonchev–Trinajstić information content (AvgIpc) is 2.89. The molecule has 5 heteroatoms. The number of carbonyl (C=O) groups is 1. The number of pyridine rings is 1. The molecule has 2 aliphatic rings. The number of aromatic nitrogens is 1. The maximum atomic E-state index is 11.8. The first-order valence-corrected chi connectivity index (χ1v) is 6.00. The Morgan fingerprint density at radius 3 is 3.05 bits per heavy atom. The van der Waals surface area contributed by atoms with Crippen molar-refractivity contribution in [3.05, 3.63) is 48.4 Å². The number of ether oxygens (including phenoxy) is 1. The summed E-state index contributed by atoms with van der Waals surface area (Å²) in [5, 5.41) is 2.68. The molecule has 1 unspecified atom stereocenters. The zero-order valence-electron chi connectivity index (χ0n) is 10.3. The lowest BCUT2D eigenvalue weighted by atomic mass is 10.1. The van der Waals surface area contributed by atoms with E-state index in [0.29, 0.717) is 24.6 Å². The Bertz CT molecular complexity index is 590. The molecule has 1 N–H and O–H groups in total. The van der Waals surface area contributed by atoms with E-state index in [-0.39, 0.29) is 5.91 Å². The molecule has 0 aromatic carbocycles. The van der Waals surface area contributed by atoms with Gasteiger partial charge in [0.15, 0.2) is 6.10 Å². The molecule has 2 aliphatic heterocycles. The van der Waals surface area contributed by atoms with Crippen LogP contribution in [0.1, 0.15) is 5.69 Å². The van der Waals surface area contributed by atoms with Crippen LogP contribution in [0, 0.1) is 0 Å². The van der Waals surface area contributed by atoms with Crippen LogP contribution in [0.5, 0.6) is 0 Å². The van der Waals surface area contributed by atoms with Crippen molar-refractivity contribution in [1.82, 2.24) is 10.3 Å². The molecule has 0 aliphatic carbocycles. The summed E-state index contributed by atoms with van der Waals surface area (Å²) in [5.74, 6) is -0.214. The van der Waals surface area contributed by atoms with Crippen LogP contribution in [0.2, 0.25) is 0 Å². The summed E-state index contributed by atoms with van der Waals surface area (Å²) in [5.41, 5.74) is 3.10. The molecular weight excluding hydrogens is 242 g/mol. The van der Waals surface area contributed by atoms with E-state index in [2.05, 4.69) is 21.9 Å². The molecule has 96 valence electrons. The standard InChI is InChI=1S/C14H13N3O2/c1-9-8-19-13(14(18)17-9)12-6-10(7-16-12)11-4-2-3-5-15-11/h2-6,13H,1,7-8H2,(H,17,18). The zero-order valence-corrected chi connectivity index (χ0v) is 10.3. The lowest BCUT2D eigenvalue weighted by Crippen LogP contribution is -2.46. The van der Waals surface area contributed by atoms with Crippen LogP contribution in [0.15, 0.2) is 47.7 Å². The molecule has 0 bridgehead atoms. The van der Waals surface area contributed by atoms with Crippen LogP contribution in [0.3, 0.4) is 0 Å². The molecule has 1 amide bonds. The third kappa shape index (κ3) is 2.32. The highest BCUT2D eigenvalue weighted by Crippen LogP contribution is 2.20. The molecule has 1 fully saturated rings. The van der Waals surface area contributed by atoms with Crippen molar-refractivity contribution in [2.75, 3.05) is 13.2 Å². The lowest BCUT2D eigenvalue weighted by Gasteiger charge is -2.23. The van der Waals surface area contributed by atoms with Crippen molar-refractivity contribution in [3.8, 4) is 0 Å². The predicted molar refractivity (Wildman–Crippen MR) is 71.5 cm³/mol. The first-order chi connectivity index (χ1) is 9.24. The fourth-order valence-corrected chi connectivity index (χ4v) is 2.07. The number of nitrogens with one attached hydrogen (secondary N) is 1. The monoisotopic (exact) mass is 255 g/mol. The van der Waals surface area contributed by atoms with E-state index in [1.165, 1.54) is 0 Å². The summed E-state index contributed by atoms with van der Waals surface area (Å²) in [6, 6.07) is 5.72. The molecule has 5 nitrogen and oxygen atoms in total. The highest BCUT2D eigenvalue weighted by atomic mass is 16.5. The molecule has 1 aromatic heterocycles. The first-order valence-electron chi connectivity index (χ1n) is 6.00. The number of aliphatic imine (C=N–C) groups is 1. The highest BCUT2D eigenvalue weighted by molar-refractivity contribution is 6.17. The molecule has 1 aromatic rings. The summed E-state index contributed by atoms with van der Waals surface area (Å²) in [6.07, 6.45) is 2.97. The van der Waals surface area contributed by atoms with Crippen molar-refractivity contribution in [3.63, 3.8) is 0 Å². The summed E-state index contributed by atoms with van der Waals surface area (Å²) < 4.78 is 5.46. The second-order valence-electron chi connectivity index (χ2n) is 4.41. The fraction of sp³-hybridized carbons (Fsp3) is 0.214. The first kappa shape index (κ1) is 11.8. The minimum absolute atomic E-state index is 0.214. The molecule has 19 heavy (non-hydrogen) atoms. The van der Waals surface area contributed by atoms with Crippen molar-refractivity contribution < 1.29 is 9.53 Å². The second kappa shape index (κ2) is 4.78. The molecular formula is C14H13N3O2. The van der Waals surface area contributed by atoms with E-state index in [1.807, 2.05) is 24.3 Å². The van der Waals surface area contributed by atoms with Crippen molar-refractivity contribution in [2.24, 2.45) is 4.99 Å². The number of hydrogen-bond donors (Lipinski definition) is 1. The van der Waals surface area contributed by atoms with Gasteiger partial charge in [0, 0.05) is 17.5 Å². The number of morpholine rings is 1. The van der Waals surface area contributed by atoms with Crippen molar-refractivity contribution in [2.45, 2.75) is 6.10 Å². The summed E-state index contributed by atoms with van der Waals surface area (Å²) in [7, 11) is 0. The molecule has 0 saturated carbocycles. The number of rotatable bonds is 2. The van der Waals surface area contributed by atoms with Crippen LogP contribution in [0.4, 0.5) is 0 Å². The smallest absolute Gasteiger partial charge is 0.259 e. The van der Waals surface area contributed by atoms with Gasteiger partial charge in [0.05, 0.1) is 24.6 Å². The van der Waals surface area contributed by atoms with E-state index >= 15 is 0 Å². The summed E-state index contributed by atoms with van der Waals surface area (Å²) >= 11 is 0. The molecule has 1 saturated heterocycles. The van der Waals surface area contributed by atoms with Crippen LogP contribution < -0.4 is 5.32 Å². The summed E-state index contributed by atoms with van der Waals surface area (Å²) in [6.45, 7) is 4.52. The number of hydrogen-bond acceptors (Lipinski definition) is 4. The Labute approximate surface area is 110 Å². The van der Waals surface area contributed by atoms with Gasteiger partial charge in [-0.1, -0.05) is 12.6 Å². The van der Waals surface area contributed by atoms with E-state index in [9.17, 15) is 4.79 Å². The Morgan fingerprint density at radius 1 is 1.42 bits per heavy atom.